The lowest BCUT2D eigenvalue weighted by molar-refractivity contribution is -0.138. The van der Waals surface area contributed by atoms with Gasteiger partial charge in [0.25, 0.3) is 5.91 Å². The number of halogens is 1. The highest BCUT2D eigenvalue weighted by molar-refractivity contribution is 6.33. The molecule has 4 nitrogen and oxygen atoms in total. The molecule has 0 aromatic heterocycles. The number of carbonyl (C=O) groups excluding carboxylic acids is 1. The number of benzene rings is 2. The van der Waals surface area contributed by atoms with Crippen LogP contribution < -0.4 is 9.64 Å². The second kappa shape index (κ2) is 7.79. The van der Waals surface area contributed by atoms with E-state index in [0.29, 0.717) is 13.1 Å². The van der Waals surface area contributed by atoms with Gasteiger partial charge in [-0.1, -0.05) is 35.9 Å². The van der Waals surface area contributed by atoms with E-state index in [0.717, 1.165) is 35.1 Å². The Kier molecular flexibility index (Phi) is 5.49. The third-order valence-electron chi connectivity index (χ3n) is 4.43. The summed E-state index contributed by atoms with van der Waals surface area (Å²) in [7, 11) is 0. The molecule has 0 radical (unpaired) electrons. The van der Waals surface area contributed by atoms with Crippen molar-refractivity contribution in [3.05, 3.63) is 59.1 Å². The minimum absolute atomic E-state index is 0.0281. The van der Waals surface area contributed by atoms with Crippen LogP contribution in [0.5, 0.6) is 5.75 Å². The van der Waals surface area contributed by atoms with Crippen molar-refractivity contribution in [2.45, 2.75) is 20.0 Å². The van der Waals surface area contributed by atoms with Crippen molar-refractivity contribution in [2.24, 2.45) is 0 Å². The first-order valence-electron chi connectivity index (χ1n) is 8.56. The average Bonchev–Trinajstić information content (AvgIpc) is 2.62. The van der Waals surface area contributed by atoms with Gasteiger partial charge in [0.1, 0.15) is 5.75 Å². The highest BCUT2D eigenvalue weighted by Crippen LogP contribution is 2.26. The first-order chi connectivity index (χ1) is 12.0. The zero-order chi connectivity index (χ0) is 17.8. The highest BCUT2D eigenvalue weighted by Gasteiger charge is 2.26. The van der Waals surface area contributed by atoms with Crippen molar-refractivity contribution in [1.29, 1.82) is 0 Å². The maximum absolute atomic E-state index is 12.7. The molecular weight excluding hydrogens is 336 g/mol. The van der Waals surface area contributed by atoms with E-state index in [2.05, 4.69) is 4.90 Å². The van der Waals surface area contributed by atoms with Gasteiger partial charge in [0.15, 0.2) is 6.10 Å². The predicted octanol–water partition coefficient (Wildman–Crippen LogP) is 3.76. The molecule has 2 aromatic rings. The smallest absolute Gasteiger partial charge is 0.263 e. The van der Waals surface area contributed by atoms with Gasteiger partial charge in [-0.2, -0.15) is 0 Å². The molecule has 3 rings (SSSR count). The van der Waals surface area contributed by atoms with Crippen molar-refractivity contribution >= 4 is 23.2 Å². The van der Waals surface area contributed by atoms with Crippen LogP contribution in [0.3, 0.4) is 0 Å². The predicted molar refractivity (Wildman–Crippen MR) is 102 cm³/mol. The molecule has 1 heterocycles. The van der Waals surface area contributed by atoms with Crippen LogP contribution in [0.25, 0.3) is 0 Å². The van der Waals surface area contributed by atoms with Gasteiger partial charge in [0, 0.05) is 26.2 Å². The summed E-state index contributed by atoms with van der Waals surface area (Å²) >= 11 is 6.27. The van der Waals surface area contributed by atoms with Crippen LogP contribution in [0.4, 0.5) is 5.69 Å². The average molecular weight is 359 g/mol. The van der Waals surface area contributed by atoms with E-state index in [9.17, 15) is 4.79 Å². The lowest BCUT2D eigenvalue weighted by Gasteiger charge is -2.37. The van der Waals surface area contributed by atoms with E-state index in [-0.39, 0.29) is 5.91 Å². The van der Waals surface area contributed by atoms with E-state index in [1.807, 2.05) is 67.3 Å². The first kappa shape index (κ1) is 17.6. The summed E-state index contributed by atoms with van der Waals surface area (Å²) in [5, 5.41) is 0.749. The zero-order valence-electron chi connectivity index (χ0n) is 14.6. The fourth-order valence-electron chi connectivity index (χ4n) is 3.08. The van der Waals surface area contributed by atoms with Crippen molar-refractivity contribution in [3.63, 3.8) is 0 Å². The van der Waals surface area contributed by atoms with Gasteiger partial charge in [-0.05, 0) is 43.7 Å². The Hall–Kier alpha value is -2.20. The van der Waals surface area contributed by atoms with Crippen LogP contribution in [0.1, 0.15) is 12.5 Å². The molecule has 0 N–H and O–H groups in total. The third-order valence-corrected chi connectivity index (χ3v) is 4.75. The number of piperazine rings is 1. The molecule has 1 aliphatic heterocycles. The van der Waals surface area contributed by atoms with Gasteiger partial charge in [-0.15, -0.1) is 0 Å². The van der Waals surface area contributed by atoms with Gasteiger partial charge in [0.05, 0.1) is 10.7 Å². The van der Waals surface area contributed by atoms with Crippen LogP contribution in [-0.2, 0) is 4.79 Å². The Morgan fingerprint density at radius 3 is 2.48 bits per heavy atom. The number of anilines is 1. The van der Waals surface area contributed by atoms with Crippen molar-refractivity contribution in [3.8, 4) is 5.75 Å². The van der Waals surface area contributed by atoms with E-state index in [1.165, 1.54) is 0 Å². The standard InChI is InChI=1S/C20H23ClN2O2/c1-15-6-5-7-17(14-15)25-16(2)20(24)23-12-10-22(11-13-23)19-9-4-3-8-18(19)21/h3-9,14,16H,10-13H2,1-2H3. The first-order valence-corrected chi connectivity index (χ1v) is 8.94. The molecule has 1 fully saturated rings. The molecule has 1 saturated heterocycles. The van der Waals surface area contributed by atoms with Crippen molar-refractivity contribution in [1.82, 2.24) is 4.90 Å². The molecule has 1 aliphatic rings. The monoisotopic (exact) mass is 358 g/mol. The Bertz CT molecular complexity index is 742. The summed E-state index contributed by atoms with van der Waals surface area (Å²) in [6.45, 7) is 6.70. The summed E-state index contributed by atoms with van der Waals surface area (Å²) in [6, 6.07) is 15.6. The van der Waals surface area contributed by atoms with E-state index in [1.54, 1.807) is 0 Å². The number of nitrogens with zero attached hydrogens (tertiary/aromatic N) is 2. The molecule has 0 saturated carbocycles. The Balaban J connectivity index is 1.57. The number of carbonyl (C=O) groups is 1. The van der Waals surface area contributed by atoms with Gasteiger partial charge in [-0.25, -0.2) is 0 Å². The van der Waals surface area contributed by atoms with Crippen molar-refractivity contribution in [2.75, 3.05) is 31.1 Å². The number of hydrogen-bond acceptors (Lipinski definition) is 3. The second-order valence-electron chi connectivity index (χ2n) is 6.34. The Morgan fingerprint density at radius 1 is 1.08 bits per heavy atom. The van der Waals surface area contributed by atoms with Crippen LogP contribution in [0, 0.1) is 6.92 Å². The van der Waals surface area contributed by atoms with Crippen molar-refractivity contribution < 1.29 is 9.53 Å². The maximum Gasteiger partial charge on any atom is 0.263 e. The molecule has 0 bridgehead atoms. The number of amides is 1. The molecular formula is C20H23ClN2O2. The van der Waals surface area contributed by atoms with Crippen LogP contribution >= 0.6 is 11.6 Å². The van der Waals surface area contributed by atoms with Gasteiger partial charge in [0.2, 0.25) is 0 Å². The quantitative estimate of drug-likeness (QED) is 0.834. The summed E-state index contributed by atoms with van der Waals surface area (Å²) in [5.74, 6) is 0.760. The third kappa shape index (κ3) is 4.26. The molecule has 1 unspecified atom stereocenters. The van der Waals surface area contributed by atoms with Gasteiger partial charge < -0.3 is 14.5 Å². The molecule has 25 heavy (non-hydrogen) atoms. The molecule has 0 aliphatic carbocycles. The summed E-state index contributed by atoms with van der Waals surface area (Å²) in [6.07, 6.45) is -0.492. The molecule has 1 amide bonds. The van der Waals surface area contributed by atoms with Crippen LogP contribution in [0.15, 0.2) is 48.5 Å². The summed E-state index contributed by atoms with van der Waals surface area (Å²) in [5.41, 5.74) is 2.14. The molecule has 5 heteroatoms. The molecule has 0 spiro atoms. The van der Waals surface area contributed by atoms with E-state index >= 15 is 0 Å². The fourth-order valence-corrected chi connectivity index (χ4v) is 3.33. The van der Waals surface area contributed by atoms with Gasteiger partial charge >= 0.3 is 0 Å². The van der Waals surface area contributed by atoms with Gasteiger partial charge in [-0.3, -0.25) is 4.79 Å². The minimum atomic E-state index is -0.492. The lowest BCUT2D eigenvalue weighted by Crippen LogP contribution is -2.52. The number of ether oxygens (including phenoxy) is 1. The zero-order valence-corrected chi connectivity index (χ0v) is 15.4. The second-order valence-corrected chi connectivity index (χ2v) is 6.75. The largest absolute Gasteiger partial charge is 0.481 e. The molecule has 2 aromatic carbocycles. The topological polar surface area (TPSA) is 32.8 Å². The number of para-hydroxylation sites is 1. The molecule has 132 valence electrons. The van der Waals surface area contributed by atoms with Crippen LogP contribution in [-0.4, -0.2) is 43.1 Å². The van der Waals surface area contributed by atoms with Crippen LogP contribution in [0.2, 0.25) is 5.02 Å². The fraction of sp³-hybridized carbons (Fsp3) is 0.350. The highest BCUT2D eigenvalue weighted by atomic mass is 35.5. The lowest BCUT2D eigenvalue weighted by atomic mass is 10.2. The van der Waals surface area contributed by atoms with E-state index in [4.69, 9.17) is 16.3 Å². The SMILES string of the molecule is Cc1cccc(OC(C)C(=O)N2CCN(c3ccccc3Cl)CC2)c1. The number of rotatable bonds is 4. The molecule has 1 atom stereocenters. The Labute approximate surface area is 154 Å². The normalized spacial score (nSPS) is 15.8. The minimum Gasteiger partial charge on any atom is -0.481 e. The summed E-state index contributed by atoms with van der Waals surface area (Å²) in [4.78, 5) is 16.7. The Morgan fingerprint density at radius 2 is 1.80 bits per heavy atom. The number of hydrogen-bond donors (Lipinski definition) is 0. The summed E-state index contributed by atoms with van der Waals surface area (Å²) < 4.78 is 5.81. The van der Waals surface area contributed by atoms with E-state index < -0.39 is 6.10 Å². The maximum atomic E-state index is 12.7. The number of aryl methyl sites for hydroxylation is 1.